The number of carbonyl (C=O) groups excluding carboxylic acids is 1. The minimum Gasteiger partial charge on any atom is -0.289 e. The van der Waals surface area contributed by atoms with Crippen LogP contribution in [0.25, 0.3) is 0 Å². The summed E-state index contributed by atoms with van der Waals surface area (Å²) >= 11 is 1.09. The van der Waals surface area contributed by atoms with Gasteiger partial charge in [-0.05, 0) is 36.8 Å². The van der Waals surface area contributed by atoms with Crippen molar-refractivity contribution in [1.29, 1.82) is 0 Å². The van der Waals surface area contributed by atoms with Crippen LogP contribution in [0.4, 0.5) is 0 Å². The molecule has 0 aliphatic heterocycles. The molecule has 4 heteroatoms. The third-order valence-corrected chi connectivity index (χ3v) is 2.37. The van der Waals surface area contributed by atoms with Crippen molar-refractivity contribution in [2.24, 2.45) is 0 Å². The SMILES string of the molecule is C=C(C)C(=O)c1ccc(SOOC)cc1. The van der Waals surface area contributed by atoms with Crippen LogP contribution in [-0.4, -0.2) is 12.9 Å². The van der Waals surface area contributed by atoms with Crippen LogP contribution in [0.15, 0.2) is 41.3 Å². The quantitative estimate of drug-likeness (QED) is 0.253. The summed E-state index contributed by atoms with van der Waals surface area (Å²) in [7, 11) is 1.44. The zero-order chi connectivity index (χ0) is 11.3. The van der Waals surface area contributed by atoms with E-state index in [2.05, 4.69) is 15.8 Å². The first-order valence-electron chi connectivity index (χ1n) is 4.32. The van der Waals surface area contributed by atoms with Gasteiger partial charge in [-0.3, -0.25) is 4.79 Å². The standard InChI is InChI=1S/C11H12O3S/c1-8(2)11(12)9-4-6-10(7-5-9)15-14-13-3/h4-7H,1H2,2-3H3. The Bertz CT molecular complexity index is 357. The van der Waals surface area contributed by atoms with Crippen LogP contribution in [0.5, 0.6) is 0 Å². The van der Waals surface area contributed by atoms with Crippen molar-refractivity contribution in [3.05, 3.63) is 42.0 Å². The number of ketones is 1. The molecular weight excluding hydrogens is 212 g/mol. The van der Waals surface area contributed by atoms with Crippen LogP contribution in [-0.2, 0) is 9.22 Å². The summed E-state index contributed by atoms with van der Waals surface area (Å²) < 4.78 is 4.68. The maximum atomic E-state index is 11.5. The van der Waals surface area contributed by atoms with Crippen molar-refractivity contribution in [3.63, 3.8) is 0 Å². The Balaban J connectivity index is 2.72. The van der Waals surface area contributed by atoms with Crippen molar-refractivity contribution in [2.45, 2.75) is 11.8 Å². The molecule has 0 saturated heterocycles. The van der Waals surface area contributed by atoms with E-state index >= 15 is 0 Å². The van der Waals surface area contributed by atoms with Gasteiger partial charge in [0.15, 0.2) is 5.78 Å². The lowest BCUT2D eigenvalue weighted by molar-refractivity contribution is -0.160. The topological polar surface area (TPSA) is 35.5 Å². The van der Waals surface area contributed by atoms with Crippen LogP contribution in [0, 0.1) is 0 Å². The summed E-state index contributed by atoms with van der Waals surface area (Å²) in [5.74, 6) is -0.0424. The van der Waals surface area contributed by atoms with Gasteiger partial charge in [0.25, 0.3) is 0 Å². The summed E-state index contributed by atoms with van der Waals surface area (Å²) in [5, 5.41) is 0. The molecule has 15 heavy (non-hydrogen) atoms. The molecule has 0 aliphatic rings. The van der Waals surface area contributed by atoms with Crippen molar-refractivity contribution in [1.82, 2.24) is 0 Å². The molecule has 0 radical (unpaired) electrons. The summed E-state index contributed by atoms with van der Waals surface area (Å²) in [6.45, 7) is 5.30. The van der Waals surface area contributed by atoms with E-state index in [4.69, 9.17) is 0 Å². The average Bonchev–Trinajstić information content (AvgIpc) is 2.26. The van der Waals surface area contributed by atoms with Gasteiger partial charge in [-0.25, -0.2) is 4.89 Å². The molecule has 1 rings (SSSR count). The lowest BCUT2D eigenvalue weighted by atomic mass is 10.1. The molecule has 3 nitrogen and oxygen atoms in total. The molecule has 0 spiro atoms. The maximum absolute atomic E-state index is 11.5. The summed E-state index contributed by atoms with van der Waals surface area (Å²) in [6, 6.07) is 7.05. The van der Waals surface area contributed by atoms with Gasteiger partial charge in [0, 0.05) is 10.5 Å². The molecule has 0 atom stereocenters. The Morgan fingerprint density at radius 1 is 1.33 bits per heavy atom. The number of Topliss-reactive ketones (excluding diaryl/α,β-unsaturated/α-hetero) is 1. The first kappa shape index (κ1) is 12.0. The highest BCUT2D eigenvalue weighted by molar-refractivity contribution is 7.94. The van der Waals surface area contributed by atoms with E-state index in [1.807, 2.05) is 0 Å². The second kappa shape index (κ2) is 5.70. The van der Waals surface area contributed by atoms with Crippen molar-refractivity contribution in [3.8, 4) is 0 Å². The normalized spacial score (nSPS) is 10.0. The summed E-state index contributed by atoms with van der Waals surface area (Å²) in [4.78, 5) is 16.8. The van der Waals surface area contributed by atoms with E-state index in [1.165, 1.54) is 7.11 Å². The summed E-state index contributed by atoms with van der Waals surface area (Å²) in [5.41, 5.74) is 1.16. The lowest BCUT2D eigenvalue weighted by Crippen LogP contribution is -1.98. The molecule has 0 unspecified atom stereocenters. The second-order valence-electron chi connectivity index (χ2n) is 2.95. The second-order valence-corrected chi connectivity index (χ2v) is 3.73. The third-order valence-electron chi connectivity index (χ3n) is 1.70. The first-order valence-corrected chi connectivity index (χ1v) is 5.07. The Hall–Kier alpha value is -1.10. The van der Waals surface area contributed by atoms with Crippen LogP contribution >= 0.6 is 12.0 Å². The average molecular weight is 224 g/mol. The highest BCUT2D eigenvalue weighted by atomic mass is 32.2. The van der Waals surface area contributed by atoms with E-state index < -0.39 is 0 Å². The Kier molecular flexibility index (Phi) is 4.55. The fourth-order valence-electron chi connectivity index (χ4n) is 0.982. The highest BCUT2D eigenvalue weighted by Gasteiger charge is 2.05. The Labute approximate surface area is 93.2 Å². The van der Waals surface area contributed by atoms with E-state index in [1.54, 1.807) is 31.2 Å². The predicted octanol–water partition coefficient (Wildman–Crippen LogP) is 3.03. The summed E-state index contributed by atoms with van der Waals surface area (Å²) in [6.07, 6.45) is 0. The van der Waals surface area contributed by atoms with Crippen molar-refractivity contribution in [2.75, 3.05) is 7.11 Å². The third kappa shape index (κ3) is 3.51. The number of rotatable bonds is 5. The molecule has 0 saturated carbocycles. The minimum atomic E-state index is -0.0424. The van der Waals surface area contributed by atoms with Gasteiger partial charge in [-0.1, -0.05) is 6.58 Å². The molecule has 0 fully saturated rings. The minimum absolute atomic E-state index is 0.0424. The first-order chi connectivity index (χ1) is 7.15. The molecule has 0 aliphatic carbocycles. The van der Waals surface area contributed by atoms with Gasteiger partial charge in [-0.15, -0.1) is 0 Å². The van der Waals surface area contributed by atoms with Gasteiger partial charge >= 0.3 is 0 Å². The molecule has 1 aromatic carbocycles. The zero-order valence-corrected chi connectivity index (χ0v) is 9.47. The van der Waals surface area contributed by atoms with Crippen molar-refractivity contribution >= 4 is 17.8 Å². The van der Waals surface area contributed by atoms with E-state index in [0.717, 1.165) is 16.9 Å². The number of hydrogen-bond acceptors (Lipinski definition) is 4. The fraction of sp³-hybridized carbons (Fsp3) is 0.182. The predicted molar refractivity (Wildman–Crippen MR) is 59.5 cm³/mol. The highest BCUT2D eigenvalue weighted by Crippen LogP contribution is 2.20. The van der Waals surface area contributed by atoms with Gasteiger partial charge in [0.2, 0.25) is 0 Å². The molecule has 1 aromatic rings. The van der Waals surface area contributed by atoms with Crippen LogP contribution in [0.1, 0.15) is 17.3 Å². The number of benzene rings is 1. The van der Waals surface area contributed by atoms with Crippen LogP contribution in [0.3, 0.4) is 0 Å². The Morgan fingerprint density at radius 2 is 1.93 bits per heavy atom. The van der Waals surface area contributed by atoms with Crippen molar-refractivity contribution < 1.29 is 14.0 Å². The lowest BCUT2D eigenvalue weighted by Gasteiger charge is -2.01. The number of allylic oxidation sites excluding steroid dienone is 1. The Morgan fingerprint density at radius 3 is 2.40 bits per heavy atom. The largest absolute Gasteiger partial charge is 0.289 e. The monoisotopic (exact) mass is 224 g/mol. The molecule has 0 aromatic heterocycles. The van der Waals surface area contributed by atoms with Crippen LogP contribution in [0.2, 0.25) is 0 Å². The molecule has 80 valence electrons. The smallest absolute Gasteiger partial charge is 0.188 e. The zero-order valence-electron chi connectivity index (χ0n) is 8.65. The number of hydrogen-bond donors (Lipinski definition) is 0. The molecule has 0 bridgehead atoms. The molecular formula is C11H12O3S. The maximum Gasteiger partial charge on any atom is 0.188 e. The van der Waals surface area contributed by atoms with Gasteiger partial charge in [-0.2, -0.15) is 4.33 Å². The van der Waals surface area contributed by atoms with Gasteiger partial charge in [0.1, 0.15) is 0 Å². The molecule has 0 amide bonds. The van der Waals surface area contributed by atoms with E-state index in [0.29, 0.717) is 11.1 Å². The number of carbonyl (C=O) groups is 1. The van der Waals surface area contributed by atoms with Gasteiger partial charge in [0.05, 0.1) is 19.2 Å². The fourth-order valence-corrected chi connectivity index (χ4v) is 1.38. The van der Waals surface area contributed by atoms with E-state index in [-0.39, 0.29) is 5.78 Å². The van der Waals surface area contributed by atoms with Gasteiger partial charge < -0.3 is 0 Å². The molecule has 0 N–H and O–H groups in total. The van der Waals surface area contributed by atoms with E-state index in [9.17, 15) is 4.79 Å². The van der Waals surface area contributed by atoms with Crippen LogP contribution < -0.4 is 0 Å². The molecule has 0 heterocycles.